The zero-order chi connectivity index (χ0) is 20.6. The molecule has 1 aliphatic carbocycles. The van der Waals surface area contributed by atoms with Crippen LogP contribution >= 0.6 is 0 Å². The minimum absolute atomic E-state index is 0.0441. The largest absolute Gasteiger partial charge is 0.435 e. The smallest absolute Gasteiger partial charge is 0.267 e. The number of alkyl halides is 3. The average Bonchev–Trinajstić information content (AvgIpc) is 3.07. The van der Waals surface area contributed by atoms with E-state index in [2.05, 4.69) is 9.82 Å². The molecular formula is C20H20F3N3O2S. The first-order chi connectivity index (χ1) is 13.8. The van der Waals surface area contributed by atoms with E-state index in [-0.39, 0.29) is 23.5 Å². The number of rotatable bonds is 5. The van der Waals surface area contributed by atoms with Crippen molar-refractivity contribution in [2.45, 2.75) is 43.3 Å². The molecule has 1 N–H and O–H groups in total. The molecule has 0 radical (unpaired) electrons. The lowest BCUT2D eigenvalue weighted by Crippen LogP contribution is -2.28. The van der Waals surface area contributed by atoms with Gasteiger partial charge in [-0.25, -0.2) is 13.1 Å². The highest BCUT2D eigenvalue weighted by atomic mass is 32.2. The minimum atomic E-state index is -4.50. The van der Waals surface area contributed by atoms with E-state index in [9.17, 15) is 21.6 Å². The van der Waals surface area contributed by atoms with Gasteiger partial charge in [0.25, 0.3) is 0 Å². The van der Waals surface area contributed by atoms with Crippen molar-refractivity contribution >= 4 is 20.8 Å². The molecule has 0 saturated carbocycles. The van der Waals surface area contributed by atoms with Gasteiger partial charge in [-0.05, 0) is 37.1 Å². The number of hydrogen-bond donors (Lipinski definition) is 1. The number of nitrogens with zero attached hydrogens (tertiary/aromatic N) is 2. The number of benzene rings is 2. The molecule has 0 fully saturated rings. The van der Waals surface area contributed by atoms with Crippen LogP contribution in [0.2, 0.25) is 0 Å². The third-order valence-electron chi connectivity index (χ3n) is 5.18. The molecule has 154 valence electrons. The maximum atomic E-state index is 13.3. The Morgan fingerprint density at radius 3 is 2.55 bits per heavy atom. The van der Waals surface area contributed by atoms with Gasteiger partial charge < -0.3 is 0 Å². The molecule has 3 aromatic rings. The summed E-state index contributed by atoms with van der Waals surface area (Å²) in [6, 6.07) is 12.1. The number of halogens is 3. The van der Waals surface area contributed by atoms with Gasteiger partial charge in [-0.15, -0.1) is 0 Å². The summed E-state index contributed by atoms with van der Waals surface area (Å²) in [7, 11) is -3.81. The Morgan fingerprint density at radius 2 is 1.76 bits per heavy atom. The van der Waals surface area contributed by atoms with Crippen LogP contribution in [0.4, 0.5) is 13.2 Å². The number of aromatic nitrogens is 2. The van der Waals surface area contributed by atoms with E-state index < -0.39 is 21.9 Å². The third-order valence-corrected chi connectivity index (χ3v) is 6.70. The quantitative estimate of drug-likeness (QED) is 0.677. The van der Waals surface area contributed by atoms with E-state index in [4.69, 9.17) is 0 Å². The van der Waals surface area contributed by atoms with Crippen molar-refractivity contribution in [2.24, 2.45) is 0 Å². The second kappa shape index (κ2) is 7.46. The van der Waals surface area contributed by atoms with Crippen molar-refractivity contribution in [1.82, 2.24) is 14.5 Å². The number of fused-ring (bicyclic) bond motifs is 2. The minimum Gasteiger partial charge on any atom is -0.267 e. The van der Waals surface area contributed by atoms with Crippen molar-refractivity contribution in [3.05, 3.63) is 59.4 Å². The monoisotopic (exact) mass is 423 g/mol. The van der Waals surface area contributed by atoms with Crippen molar-refractivity contribution < 1.29 is 21.6 Å². The van der Waals surface area contributed by atoms with Gasteiger partial charge in [0.05, 0.1) is 11.4 Å². The molecule has 0 unspecified atom stereocenters. The molecule has 0 atom stereocenters. The van der Waals surface area contributed by atoms with E-state index in [0.29, 0.717) is 30.3 Å². The summed E-state index contributed by atoms with van der Waals surface area (Å²) < 4.78 is 69.2. The molecule has 9 heteroatoms. The highest BCUT2D eigenvalue weighted by Gasteiger charge is 2.39. The lowest BCUT2D eigenvalue weighted by atomic mass is 9.95. The Morgan fingerprint density at radius 1 is 1.03 bits per heavy atom. The average molecular weight is 423 g/mol. The predicted octanol–water partition coefficient (Wildman–Crippen LogP) is 3.91. The van der Waals surface area contributed by atoms with Gasteiger partial charge in [0.1, 0.15) is 0 Å². The Bertz CT molecular complexity index is 1150. The standard InChI is InChI=1S/C20H20F3N3O2S/c21-20(22,23)19-16-9-3-4-10-17(16)26(25-19)13-12-24-29(27,28)18-11-5-7-14-6-1-2-8-15(14)18/h1-2,5-8,11,24H,3-4,9-10,12-13H2. The van der Waals surface area contributed by atoms with Crippen molar-refractivity contribution in [1.29, 1.82) is 0 Å². The molecule has 0 spiro atoms. The van der Waals surface area contributed by atoms with Crippen LogP contribution in [0.3, 0.4) is 0 Å². The Labute approximate surface area is 166 Å². The first kappa shape index (κ1) is 19.9. The van der Waals surface area contributed by atoms with Crippen LogP contribution in [0.15, 0.2) is 47.4 Å². The number of sulfonamides is 1. The van der Waals surface area contributed by atoms with Gasteiger partial charge in [-0.2, -0.15) is 18.3 Å². The highest BCUT2D eigenvalue weighted by Crippen LogP contribution is 2.35. The lowest BCUT2D eigenvalue weighted by Gasteiger charge is -2.15. The molecule has 5 nitrogen and oxygen atoms in total. The Hall–Kier alpha value is -2.39. The summed E-state index contributed by atoms with van der Waals surface area (Å²) in [6.45, 7) is -0.000614. The molecule has 2 aromatic carbocycles. The van der Waals surface area contributed by atoms with E-state index in [1.807, 2.05) is 18.2 Å². The molecule has 0 amide bonds. The zero-order valence-corrected chi connectivity index (χ0v) is 16.4. The van der Waals surface area contributed by atoms with E-state index in [1.165, 1.54) is 10.7 Å². The lowest BCUT2D eigenvalue weighted by molar-refractivity contribution is -0.142. The first-order valence-electron chi connectivity index (χ1n) is 9.40. The van der Waals surface area contributed by atoms with E-state index in [0.717, 1.165) is 11.8 Å². The van der Waals surface area contributed by atoms with Gasteiger partial charge in [0.15, 0.2) is 5.69 Å². The summed E-state index contributed by atoms with van der Waals surface area (Å²) in [4.78, 5) is 0.147. The molecular weight excluding hydrogens is 403 g/mol. The molecule has 0 aliphatic heterocycles. The van der Waals surface area contributed by atoms with E-state index in [1.54, 1.807) is 18.2 Å². The van der Waals surface area contributed by atoms with Gasteiger partial charge in [0, 0.05) is 23.2 Å². The van der Waals surface area contributed by atoms with Gasteiger partial charge in [-0.1, -0.05) is 36.4 Å². The number of hydrogen-bond acceptors (Lipinski definition) is 3. The molecule has 1 aromatic heterocycles. The van der Waals surface area contributed by atoms with E-state index >= 15 is 0 Å². The normalized spacial score (nSPS) is 14.9. The summed E-state index contributed by atoms with van der Waals surface area (Å²) in [6.07, 6.45) is -2.12. The zero-order valence-electron chi connectivity index (χ0n) is 15.5. The SMILES string of the molecule is O=S(=O)(NCCn1nc(C(F)(F)F)c2c1CCCC2)c1cccc2ccccc12. The van der Waals surface area contributed by atoms with Crippen LogP contribution in [0.25, 0.3) is 10.8 Å². The van der Waals surface area contributed by atoms with Crippen LogP contribution in [-0.2, 0) is 35.6 Å². The van der Waals surface area contributed by atoms with Crippen LogP contribution < -0.4 is 4.72 Å². The van der Waals surface area contributed by atoms with Crippen LogP contribution in [0.1, 0.15) is 29.8 Å². The first-order valence-corrected chi connectivity index (χ1v) is 10.9. The van der Waals surface area contributed by atoms with Crippen LogP contribution in [0, 0.1) is 0 Å². The van der Waals surface area contributed by atoms with Crippen LogP contribution in [0.5, 0.6) is 0 Å². The van der Waals surface area contributed by atoms with Gasteiger partial charge >= 0.3 is 6.18 Å². The fourth-order valence-electron chi connectivity index (χ4n) is 3.88. The summed E-state index contributed by atoms with van der Waals surface area (Å²) in [5, 5.41) is 5.16. The molecule has 0 saturated heterocycles. The third kappa shape index (κ3) is 3.89. The maximum absolute atomic E-state index is 13.3. The molecule has 29 heavy (non-hydrogen) atoms. The Kier molecular flexibility index (Phi) is 5.12. The van der Waals surface area contributed by atoms with Gasteiger partial charge in [0.2, 0.25) is 10.0 Å². The summed E-state index contributed by atoms with van der Waals surface area (Å²) >= 11 is 0. The highest BCUT2D eigenvalue weighted by molar-refractivity contribution is 7.89. The molecule has 1 heterocycles. The molecule has 0 bridgehead atoms. The number of nitrogens with one attached hydrogen (secondary N) is 1. The maximum Gasteiger partial charge on any atom is 0.435 e. The molecule has 4 rings (SSSR count). The second-order valence-corrected chi connectivity index (χ2v) is 8.81. The van der Waals surface area contributed by atoms with Crippen molar-refractivity contribution in [2.75, 3.05) is 6.54 Å². The van der Waals surface area contributed by atoms with Gasteiger partial charge in [-0.3, -0.25) is 4.68 Å². The van der Waals surface area contributed by atoms with Crippen molar-refractivity contribution in [3.63, 3.8) is 0 Å². The van der Waals surface area contributed by atoms with Crippen molar-refractivity contribution in [3.8, 4) is 0 Å². The summed E-state index contributed by atoms with van der Waals surface area (Å²) in [5.74, 6) is 0. The fourth-order valence-corrected chi connectivity index (χ4v) is 5.13. The predicted molar refractivity (Wildman–Crippen MR) is 103 cm³/mol. The molecule has 1 aliphatic rings. The van der Waals surface area contributed by atoms with Crippen LogP contribution in [-0.4, -0.2) is 24.7 Å². The Balaban J connectivity index is 1.55. The topological polar surface area (TPSA) is 64.0 Å². The second-order valence-electron chi connectivity index (χ2n) is 7.08. The fraction of sp³-hybridized carbons (Fsp3) is 0.350. The summed E-state index contributed by atoms with van der Waals surface area (Å²) in [5.41, 5.74) is -0.0299.